The van der Waals surface area contributed by atoms with Crippen molar-refractivity contribution in [3.63, 3.8) is 0 Å². The Bertz CT molecular complexity index is 875. The number of ether oxygens (including phenoxy) is 1. The summed E-state index contributed by atoms with van der Waals surface area (Å²) in [7, 11) is 1.44. The Morgan fingerprint density at radius 1 is 1.31 bits per heavy atom. The lowest BCUT2D eigenvalue weighted by Gasteiger charge is -2.26. The highest BCUT2D eigenvalue weighted by atomic mass is 32.1. The Morgan fingerprint density at radius 3 is 2.88 bits per heavy atom. The van der Waals surface area contributed by atoms with Crippen LogP contribution in [0.3, 0.4) is 0 Å². The van der Waals surface area contributed by atoms with Crippen molar-refractivity contribution < 1.29 is 9.53 Å². The number of carbonyl (C=O) groups excluding carboxylic acids is 1. The number of aryl methyl sites for hydroxylation is 1. The number of anilines is 2. The van der Waals surface area contributed by atoms with E-state index >= 15 is 0 Å². The molecule has 2 heterocycles. The van der Waals surface area contributed by atoms with E-state index in [0.29, 0.717) is 16.7 Å². The van der Waals surface area contributed by atoms with E-state index in [-0.39, 0.29) is 5.97 Å². The molecule has 4 nitrogen and oxygen atoms in total. The van der Waals surface area contributed by atoms with Gasteiger partial charge in [0.05, 0.1) is 12.7 Å². The molecule has 26 heavy (non-hydrogen) atoms. The number of methoxy groups -OCH3 is 1. The lowest BCUT2D eigenvalue weighted by molar-refractivity contribution is 0.0601. The SMILES string of the molecule is COC(=O)c1c(NC(=S)N2c3ccccc3CC2C)sc2c1CCCC2. The highest BCUT2D eigenvalue weighted by Crippen LogP contribution is 2.39. The van der Waals surface area contributed by atoms with Crippen molar-refractivity contribution in [2.24, 2.45) is 0 Å². The fraction of sp³-hybridized carbons (Fsp3) is 0.400. The molecule has 1 aliphatic heterocycles. The summed E-state index contributed by atoms with van der Waals surface area (Å²) in [5.74, 6) is -0.274. The van der Waals surface area contributed by atoms with Crippen LogP contribution in [-0.4, -0.2) is 24.2 Å². The van der Waals surface area contributed by atoms with Gasteiger partial charge in [0, 0.05) is 16.6 Å². The third-order valence-corrected chi connectivity index (χ3v) is 6.71. The van der Waals surface area contributed by atoms with Crippen LogP contribution >= 0.6 is 23.6 Å². The van der Waals surface area contributed by atoms with Gasteiger partial charge >= 0.3 is 5.97 Å². The Morgan fingerprint density at radius 2 is 2.08 bits per heavy atom. The number of fused-ring (bicyclic) bond motifs is 2. The van der Waals surface area contributed by atoms with Gasteiger partial charge in [-0.05, 0) is 68.4 Å². The molecule has 0 fully saturated rings. The highest BCUT2D eigenvalue weighted by Gasteiger charge is 2.31. The zero-order valence-electron chi connectivity index (χ0n) is 15.0. The summed E-state index contributed by atoms with van der Waals surface area (Å²) in [6.45, 7) is 2.18. The first-order chi connectivity index (χ1) is 12.6. The van der Waals surface area contributed by atoms with Gasteiger partial charge in [0.2, 0.25) is 0 Å². The van der Waals surface area contributed by atoms with Gasteiger partial charge in [-0.15, -0.1) is 11.3 Å². The van der Waals surface area contributed by atoms with Crippen LogP contribution in [0.5, 0.6) is 0 Å². The molecule has 2 aliphatic rings. The first-order valence-electron chi connectivity index (χ1n) is 9.01. The predicted molar refractivity (Wildman–Crippen MR) is 111 cm³/mol. The van der Waals surface area contributed by atoms with Crippen LogP contribution in [0.2, 0.25) is 0 Å². The first-order valence-corrected chi connectivity index (χ1v) is 10.2. The molecule has 1 atom stereocenters. The van der Waals surface area contributed by atoms with E-state index in [1.54, 1.807) is 11.3 Å². The number of rotatable bonds is 2. The quantitative estimate of drug-likeness (QED) is 0.605. The normalized spacial score (nSPS) is 18.2. The van der Waals surface area contributed by atoms with Crippen LogP contribution in [0.4, 0.5) is 10.7 Å². The monoisotopic (exact) mass is 386 g/mol. The molecule has 6 heteroatoms. The van der Waals surface area contributed by atoms with E-state index in [0.717, 1.165) is 41.9 Å². The number of benzene rings is 1. The summed E-state index contributed by atoms with van der Waals surface area (Å²) >= 11 is 7.39. The molecular formula is C20H22N2O2S2. The van der Waals surface area contributed by atoms with Gasteiger partial charge in [0.25, 0.3) is 0 Å². The average Bonchev–Trinajstić information content (AvgIpc) is 3.17. The van der Waals surface area contributed by atoms with Crippen molar-refractivity contribution in [1.82, 2.24) is 0 Å². The van der Waals surface area contributed by atoms with E-state index in [4.69, 9.17) is 17.0 Å². The van der Waals surface area contributed by atoms with Gasteiger partial charge in [0.15, 0.2) is 5.11 Å². The Labute approximate surface area is 163 Å². The van der Waals surface area contributed by atoms with E-state index in [2.05, 4.69) is 35.3 Å². The molecule has 1 aliphatic carbocycles. The van der Waals surface area contributed by atoms with Gasteiger partial charge in [-0.2, -0.15) is 0 Å². The van der Waals surface area contributed by atoms with Gasteiger partial charge in [-0.3, -0.25) is 0 Å². The maximum Gasteiger partial charge on any atom is 0.341 e. The highest BCUT2D eigenvalue weighted by molar-refractivity contribution is 7.80. The minimum atomic E-state index is -0.274. The van der Waals surface area contributed by atoms with Crippen molar-refractivity contribution in [2.45, 2.75) is 45.1 Å². The molecule has 0 spiro atoms. The van der Waals surface area contributed by atoms with Gasteiger partial charge in [0.1, 0.15) is 5.00 Å². The van der Waals surface area contributed by atoms with Crippen molar-refractivity contribution in [3.05, 3.63) is 45.8 Å². The van der Waals surface area contributed by atoms with Crippen LogP contribution in [0.25, 0.3) is 0 Å². The van der Waals surface area contributed by atoms with Crippen LogP contribution in [0.15, 0.2) is 24.3 Å². The minimum absolute atomic E-state index is 0.274. The molecule has 1 unspecified atom stereocenters. The zero-order valence-corrected chi connectivity index (χ0v) is 16.6. The second-order valence-electron chi connectivity index (χ2n) is 6.89. The number of esters is 1. The van der Waals surface area contributed by atoms with Crippen LogP contribution in [0, 0.1) is 0 Å². The molecule has 4 rings (SSSR count). The van der Waals surface area contributed by atoms with Crippen molar-refractivity contribution in [3.8, 4) is 0 Å². The molecule has 1 aromatic carbocycles. The molecule has 0 saturated carbocycles. The van der Waals surface area contributed by atoms with E-state index in [9.17, 15) is 4.79 Å². The van der Waals surface area contributed by atoms with Crippen molar-refractivity contribution in [2.75, 3.05) is 17.3 Å². The maximum atomic E-state index is 12.4. The number of thiocarbonyl (C=S) groups is 1. The largest absolute Gasteiger partial charge is 0.465 e. The van der Waals surface area contributed by atoms with Gasteiger partial charge in [-0.1, -0.05) is 18.2 Å². The maximum absolute atomic E-state index is 12.4. The Balaban J connectivity index is 1.66. The topological polar surface area (TPSA) is 41.6 Å². The van der Waals surface area contributed by atoms with Crippen LogP contribution in [-0.2, 0) is 24.0 Å². The molecular weight excluding hydrogens is 364 g/mol. The molecule has 1 N–H and O–H groups in total. The molecule has 136 valence electrons. The average molecular weight is 387 g/mol. The summed E-state index contributed by atoms with van der Waals surface area (Å²) in [6, 6.07) is 8.65. The Hall–Kier alpha value is -1.92. The summed E-state index contributed by atoms with van der Waals surface area (Å²) in [6.07, 6.45) is 5.24. The molecule has 0 radical (unpaired) electrons. The number of nitrogens with one attached hydrogen (secondary N) is 1. The minimum Gasteiger partial charge on any atom is -0.465 e. The summed E-state index contributed by atoms with van der Waals surface area (Å²) < 4.78 is 5.06. The lowest BCUT2D eigenvalue weighted by atomic mass is 9.95. The third kappa shape index (κ3) is 2.91. The van der Waals surface area contributed by atoms with Crippen LogP contribution in [0.1, 0.15) is 46.1 Å². The second-order valence-corrected chi connectivity index (χ2v) is 8.38. The van der Waals surface area contributed by atoms with E-state index in [1.807, 2.05) is 6.07 Å². The van der Waals surface area contributed by atoms with Crippen LogP contribution < -0.4 is 10.2 Å². The Kier molecular flexibility index (Phi) is 4.71. The second kappa shape index (κ2) is 7.00. The molecule has 0 saturated heterocycles. The predicted octanol–water partition coefficient (Wildman–Crippen LogP) is 4.56. The standard InChI is InChI=1S/C20H22N2O2S2/c1-12-11-13-7-3-5-9-15(13)22(12)20(25)21-18-17(19(23)24-2)14-8-4-6-10-16(14)26-18/h3,5,7,9,12H,4,6,8,10-11H2,1-2H3,(H,21,25). The first kappa shape index (κ1) is 17.5. The molecule has 0 bridgehead atoms. The van der Waals surface area contributed by atoms with Gasteiger partial charge in [-0.25, -0.2) is 4.79 Å². The van der Waals surface area contributed by atoms with E-state index in [1.165, 1.54) is 24.0 Å². The van der Waals surface area contributed by atoms with Crippen molar-refractivity contribution >= 4 is 45.3 Å². The number of hydrogen-bond acceptors (Lipinski definition) is 4. The lowest BCUT2D eigenvalue weighted by Crippen LogP contribution is -2.38. The number of para-hydroxylation sites is 1. The van der Waals surface area contributed by atoms with Crippen molar-refractivity contribution in [1.29, 1.82) is 0 Å². The number of hydrogen-bond donors (Lipinski definition) is 1. The zero-order chi connectivity index (χ0) is 18.3. The molecule has 1 aromatic heterocycles. The molecule has 0 amide bonds. The summed E-state index contributed by atoms with van der Waals surface area (Å²) in [4.78, 5) is 15.9. The van der Waals surface area contributed by atoms with Gasteiger partial charge < -0.3 is 15.0 Å². The number of carbonyl (C=O) groups is 1. The third-order valence-electron chi connectivity index (χ3n) is 5.21. The summed E-state index contributed by atoms with van der Waals surface area (Å²) in [5.41, 5.74) is 4.28. The fourth-order valence-electron chi connectivity index (χ4n) is 4.00. The number of nitrogens with zero attached hydrogens (tertiary/aromatic N) is 1. The summed E-state index contributed by atoms with van der Waals surface area (Å²) in [5, 5.41) is 4.84. The fourth-order valence-corrected chi connectivity index (χ4v) is 5.73. The number of thiophene rings is 1. The van der Waals surface area contributed by atoms with E-state index < -0.39 is 0 Å². The smallest absolute Gasteiger partial charge is 0.341 e. The molecule has 2 aromatic rings.